The lowest BCUT2D eigenvalue weighted by molar-refractivity contribution is 0.403. The summed E-state index contributed by atoms with van der Waals surface area (Å²) in [5.41, 5.74) is 6.58. The van der Waals surface area contributed by atoms with Crippen molar-refractivity contribution in [2.45, 2.75) is 57.9 Å². The fourth-order valence-corrected chi connectivity index (χ4v) is 2.47. The average Bonchev–Trinajstić information content (AvgIpc) is 2.48. The first kappa shape index (κ1) is 10.7. The average molecular weight is 208 g/mol. The van der Waals surface area contributed by atoms with E-state index in [0.717, 1.165) is 11.5 Å². The highest BCUT2D eigenvalue weighted by molar-refractivity contribution is 5.13. The van der Waals surface area contributed by atoms with Crippen LogP contribution in [0.2, 0.25) is 0 Å². The SMILES string of the molecule is Cc1nc(CN)oc1C1CCCCCC1. The van der Waals surface area contributed by atoms with Crippen molar-refractivity contribution < 1.29 is 4.42 Å². The minimum absolute atomic E-state index is 0.410. The van der Waals surface area contributed by atoms with Crippen LogP contribution in [0, 0.1) is 6.92 Å². The Morgan fingerprint density at radius 2 is 1.93 bits per heavy atom. The van der Waals surface area contributed by atoms with Crippen molar-refractivity contribution in [2.24, 2.45) is 5.73 Å². The minimum Gasteiger partial charge on any atom is -0.444 e. The van der Waals surface area contributed by atoms with Gasteiger partial charge in [-0.25, -0.2) is 4.98 Å². The van der Waals surface area contributed by atoms with Crippen LogP contribution in [0.15, 0.2) is 4.42 Å². The lowest BCUT2D eigenvalue weighted by atomic mass is 9.96. The van der Waals surface area contributed by atoms with Gasteiger partial charge in [0.2, 0.25) is 5.89 Å². The normalized spacial score (nSPS) is 19.1. The number of rotatable bonds is 2. The van der Waals surface area contributed by atoms with E-state index in [1.807, 2.05) is 6.92 Å². The van der Waals surface area contributed by atoms with Crippen LogP contribution in [-0.2, 0) is 6.54 Å². The summed E-state index contributed by atoms with van der Waals surface area (Å²) in [6, 6.07) is 0. The minimum atomic E-state index is 0.410. The Bertz CT molecular complexity index is 311. The summed E-state index contributed by atoms with van der Waals surface area (Å²) in [4.78, 5) is 4.34. The van der Waals surface area contributed by atoms with Gasteiger partial charge in [0.15, 0.2) is 0 Å². The van der Waals surface area contributed by atoms with Crippen LogP contribution >= 0.6 is 0 Å². The van der Waals surface area contributed by atoms with E-state index >= 15 is 0 Å². The molecule has 0 unspecified atom stereocenters. The molecule has 0 atom stereocenters. The molecular weight excluding hydrogens is 188 g/mol. The van der Waals surface area contributed by atoms with Gasteiger partial charge >= 0.3 is 0 Å². The van der Waals surface area contributed by atoms with Crippen molar-refractivity contribution in [1.29, 1.82) is 0 Å². The van der Waals surface area contributed by atoms with E-state index in [1.54, 1.807) is 0 Å². The zero-order chi connectivity index (χ0) is 10.7. The van der Waals surface area contributed by atoms with Gasteiger partial charge in [0, 0.05) is 5.92 Å². The number of aromatic nitrogens is 1. The Labute approximate surface area is 91.1 Å². The molecule has 1 aromatic heterocycles. The van der Waals surface area contributed by atoms with Crippen LogP contribution in [-0.4, -0.2) is 4.98 Å². The highest BCUT2D eigenvalue weighted by Gasteiger charge is 2.21. The quantitative estimate of drug-likeness (QED) is 0.760. The fourth-order valence-electron chi connectivity index (χ4n) is 2.47. The van der Waals surface area contributed by atoms with Crippen molar-refractivity contribution in [3.63, 3.8) is 0 Å². The van der Waals surface area contributed by atoms with Gasteiger partial charge in [0.05, 0.1) is 12.2 Å². The third-order valence-electron chi connectivity index (χ3n) is 3.28. The summed E-state index contributed by atoms with van der Waals surface area (Å²) in [5.74, 6) is 2.37. The highest BCUT2D eigenvalue weighted by Crippen LogP contribution is 2.33. The molecule has 1 aromatic rings. The van der Waals surface area contributed by atoms with Gasteiger partial charge in [0.25, 0.3) is 0 Å². The van der Waals surface area contributed by atoms with E-state index in [9.17, 15) is 0 Å². The van der Waals surface area contributed by atoms with Crippen LogP contribution < -0.4 is 5.73 Å². The third-order valence-corrected chi connectivity index (χ3v) is 3.28. The van der Waals surface area contributed by atoms with Crippen LogP contribution in [0.1, 0.15) is 61.8 Å². The monoisotopic (exact) mass is 208 g/mol. The predicted molar refractivity (Wildman–Crippen MR) is 59.6 cm³/mol. The predicted octanol–water partition coefficient (Wildman–Crippen LogP) is 2.88. The number of hydrogen-bond acceptors (Lipinski definition) is 3. The van der Waals surface area contributed by atoms with Crippen molar-refractivity contribution in [1.82, 2.24) is 4.98 Å². The van der Waals surface area contributed by atoms with Crippen molar-refractivity contribution in [3.8, 4) is 0 Å². The molecule has 0 bridgehead atoms. The number of aryl methyl sites for hydroxylation is 1. The topological polar surface area (TPSA) is 52.0 Å². The number of nitrogens with two attached hydrogens (primary N) is 1. The summed E-state index contributed by atoms with van der Waals surface area (Å²) in [6.45, 7) is 2.44. The van der Waals surface area contributed by atoms with Gasteiger partial charge < -0.3 is 10.2 Å². The lowest BCUT2D eigenvalue weighted by Gasteiger charge is -2.10. The molecule has 3 heteroatoms. The van der Waals surface area contributed by atoms with Crippen LogP contribution in [0.5, 0.6) is 0 Å². The van der Waals surface area contributed by atoms with Gasteiger partial charge in [-0.15, -0.1) is 0 Å². The fraction of sp³-hybridized carbons (Fsp3) is 0.750. The second kappa shape index (κ2) is 4.79. The van der Waals surface area contributed by atoms with E-state index < -0.39 is 0 Å². The molecule has 1 saturated carbocycles. The molecule has 84 valence electrons. The van der Waals surface area contributed by atoms with Crippen molar-refractivity contribution in [3.05, 3.63) is 17.3 Å². The van der Waals surface area contributed by atoms with E-state index in [-0.39, 0.29) is 0 Å². The van der Waals surface area contributed by atoms with Crippen molar-refractivity contribution >= 4 is 0 Å². The molecule has 2 rings (SSSR count). The Balaban J connectivity index is 2.15. The second-order valence-corrected chi connectivity index (χ2v) is 4.45. The number of nitrogens with zero attached hydrogens (tertiary/aromatic N) is 1. The molecule has 0 saturated heterocycles. The van der Waals surface area contributed by atoms with Gasteiger partial charge in [-0.1, -0.05) is 25.7 Å². The first-order valence-electron chi connectivity index (χ1n) is 5.97. The van der Waals surface area contributed by atoms with Gasteiger partial charge in [0.1, 0.15) is 5.76 Å². The zero-order valence-corrected chi connectivity index (χ0v) is 9.46. The summed E-state index contributed by atoms with van der Waals surface area (Å²) < 4.78 is 5.72. The molecule has 1 fully saturated rings. The number of oxazole rings is 1. The maximum Gasteiger partial charge on any atom is 0.208 e. The lowest BCUT2D eigenvalue weighted by Crippen LogP contribution is -1.97. The summed E-state index contributed by atoms with van der Waals surface area (Å²) in [7, 11) is 0. The Kier molecular flexibility index (Phi) is 3.41. The Morgan fingerprint density at radius 3 is 2.47 bits per heavy atom. The molecule has 15 heavy (non-hydrogen) atoms. The largest absolute Gasteiger partial charge is 0.444 e. The Morgan fingerprint density at radius 1 is 1.27 bits per heavy atom. The third kappa shape index (κ3) is 2.40. The van der Waals surface area contributed by atoms with E-state index in [0.29, 0.717) is 18.4 Å². The second-order valence-electron chi connectivity index (χ2n) is 4.45. The zero-order valence-electron chi connectivity index (χ0n) is 9.46. The molecule has 0 aromatic carbocycles. The first-order chi connectivity index (χ1) is 7.31. The molecule has 1 aliphatic carbocycles. The smallest absolute Gasteiger partial charge is 0.208 e. The summed E-state index contributed by atoms with van der Waals surface area (Å²) >= 11 is 0. The molecule has 1 aliphatic rings. The van der Waals surface area contributed by atoms with E-state index in [4.69, 9.17) is 10.2 Å². The van der Waals surface area contributed by atoms with E-state index in [2.05, 4.69) is 4.98 Å². The van der Waals surface area contributed by atoms with Gasteiger partial charge in [-0.3, -0.25) is 0 Å². The van der Waals surface area contributed by atoms with Crippen LogP contribution in [0.4, 0.5) is 0 Å². The molecule has 2 N–H and O–H groups in total. The van der Waals surface area contributed by atoms with Gasteiger partial charge in [-0.05, 0) is 19.8 Å². The molecular formula is C12H20N2O. The molecule has 0 amide bonds. The molecule has 0 spiro atoms. The van der Waals surface area contributed by atoms with Crippen LogP contribution in [0.3, 0.4) is 0 Å². The van der Waals surface area contributed by atoms with E-state index in [1.165, 1.54) is 38.5 Å². The van der Waals surface area contributed by atoms with Crippen molar-refractivity contribution in [2.75, 3.05) is 0 Å². The maximum absolute atomic E-state index is 5.72. The number of hydrogen-bond donors (Lipinski definition) is 1. The van der Waals surface area contributed by atoms with Crippen LogP contribution in [0.25, 0.3) is 0 Å². The summed E-state index contributed by atoms with van der Waals surface area (Å²) in [6.07, 6.45) is 7.88. The molecule has 0 aliphatic heterocycles. The molecule has 3 nitrogen and oxygen atoms in total. The Hall–Kier alpha value is -0.830. The molecule has 1 heterocycles. The first-order valence-corrected chi connectivity index (χ1v) is 5.97. The molecule has 0 radical (unpaired) electrons. The standard InChI is InChI=1S/C12H20N2O/c1-9-12(15-11(8-13)14-9)10-6-4-2-3-5-7-10/h10H,2-8,13H2,1H3. The summed E-state index contributed by atoms with van der Waals surface area (Å²) in [5, 5.41) is 0. The highest BCUT2D eigenvalue weighted by atomic mass is 16.4. The maximum atomic E-state index is 5.72. The van der Waals surface area contributed by atoms with Gasteiger partial charge in [-0.2, -0.15) is 0 Å².